The summed E-state index contributed by atoms with van der Waals surface area (Å²) in [5.41, 5.74) is 13.0. The van der Waals surface area contributed by atoms with E-state index in [0.717, 1.165) is 80.1 Å². The Hall–Kier alpha value is -7.30. The lowest BCUT2D eigenvalue weighted by Gasteiger charge is -2.32. The molecule has 0 radical (unpaired) electrons. The van der Waals surface area contributed by atoms with Gasteiger partial charge in [-0.1, -0.05) is 0 Å². The molecule has 4 aromatic rings. The molecule has 2 N–H and O–H groups in total. The molecule has 5 aliphatic rings. The van der Waals surface area contributed by atoms with Crippen LogP contribution < -0.4 is 10.6 Å². The SMILES string of the molecule is CC(=O)C1CN(C(=O)OC(C)(C)C)CCC1=O.Cc1c2c(nn1C)CCN(C(=O)OC(C)(C)C)C2.Cc1c2c(nn1C)CCNC2.Cc1nn(C)c2c1CNCC2.O=CC(F)(F)F.O=CC(F)(F)F.[CH2+]C(C)(C)OC(=O)N1CCc2c(c(C)nn2C)C1. The molecule has 486 valence electrons. The molecule has 4 aromatic heterocycles. The highest BCUT2D eigenvalue weighted by atomic mass is 19.4. The summed E-state index contributed by atoms with van der Waals surface area (Å²) >= 11 is 0. The molecule has 0 aromatic carbocycles. The van der Waals surface area contributed by atoms with Gasteiger partial charge in [-0.15, -0.1) is 0 Å². The van der Waals surface area contributed by atoms with E-state index in [4.69, 9.17) is 23.8 Å². The summed E-state index contributed by atoms with van der Waals surface area (Å²) in [5, 5.41) is 24.3. The lowest BCUT2D eigenvalue weighted by Crippen LogP contribution is -2.48. The number of hydrogen-bond donors (Lipinski definition) is 2. The van der Waals surface area contributed by atoms with Gasteiger partial charge in [0, 0.05) is 172 Å². The molecular formula is C58H88F6N13O10+. The number of halogens is 6. The maximum absolute atomic E-state index is 12.0. The number of Topliss-reactive ketones (excluding diaryl/α,β-unsaturated/α-hetero) is 2. The second-order valence-corrected chi connectivity index (χ2v) is 24.0. The monoisotopic (exact) mass is 1240 g/mol. The first-order valence-electron chi connectivity index (χ1n) is 28.3. The smallest absolute Gasteiger partial charge is 0.444 e. The van der Waals surface area contributed by atoms with Crippen molar-refractivity contribution < 1.29 is 74.1 Å². The van der Waals surface area contributed by atoms with E-state index in [1.54, 1.807) is 44.4 Å². The van der Waals surface area contributed by atoms with Gasteiger partial charge in [0.15, 0.2) is 0 Å². The summed E-state index contributed by atoms with van der Waals surface area (Å²) in [4.78, 5) is 80.8. The number of aldehydes is 2. The normalized spacial score (nSPS) is 16.3. The van der Waals surface area contributed by atoms with Crippen molar-refractivity contribution in [2.24, 2.45) is 34.1 Å². The third-order valence-electron chi connectivity index (χ3n) is 13.8. The topological polar surface area (TPSA) is 252 Å². The van der Waals surface area contributed by atoms with Gasteiger partial charge in [0.1, 0.15) is 29.7 Å². The number of piperidine rings is 1. The number of hydrogen-bond acceptors (Lipinski definition) is 16. The van der Waals surface area contributed by atoms with Crippen molar-refractivity contribution in [3.63, 3.8) is 0 Å². The van der Waals surface area contributed by atoms with Gasteiger partial charge in [-0.25, -0.2) is 14.4 Å². The number of ketones is 2. The Morgan fingerprint density at radius 3 is 1.38 bits per heavy atom. The summed E-state index contributed by atoms with van der Waals surface area (Å²) in [6.07, 6.45) is -8.36. The van der Waals surface area contributed by atoms with Crippen LogP contribution in [-0.4, -0.2) is 165 Å². The highest BCUT2D eigenvalue weighted by molar-refractivity contribution is 6.02. The minimum Gasteiger partial charge on any atom is -0.444 e. The number of carbonyl (C=O) groups is 7. The van der Waals surface area contributed by atoms with Crippen molar-refractivity contribution in [1.29, 1.82) is 0 Å². The molecule has 1 saturated heterocycles. The van der Waals surface area contributed by atoms with Gasteiger partial charge in [0.25, 0.3) is 0 Å². The Bertz CT molecular complexity index is 2940. The summed E-state index contributed by atoms with van der Waals surface area (Å²) in [6.45, 7) is 35.1. The minimum atomic E-state index is -4.64. The molecule has 0 spiro atoms. The van der Waals surface area contributed by atoms with Crippen LogP contribution in [0.2, 0.25) is 0 Å². The van der Waals surface area contributed by atoms with Crippen molar-refractivity contribution >= 4 is 42.4 Å². The van der Waals surface area contributed by atoms with E-state index in [2.05, 4.69) is 51.8 Å². The lowest BCUT2D eigenvalue weighted by molar-refractivity contribution is -0.156. The molecule has 29 heteroatoms. The molecule has 5 aliphatic heterocycles. The zero-order valence-corrected chi connectivity index (χ0v) is 53.3. The molecule has 1 fully saturated rings. The fourth-order valence-electron chi connectivity index (χ4n) is 9.32. The molecule has 87 heavy (non-hydrogen) atoms. The average molecular weight is 1240 g/mol. The van der Waals surface area contributed by atoms with Crippen molar-refractivity contribution in [3.8, 4) is 0 Å². The predicted molar refractivity (Wildman–Crippen MR) is 309 cm³/mol. The Morgan fingerprint density at radius 2 is 0.931 bits per heavy atom. The second-order valence-electron chi connectivity index (χ2n) is 24.0. The van der Waals surface area contributed by atoms with E-state index in [1.807, 2.05) is 81.5 Å². The van der Waals surface area contributed by atoms with E-state index < -0.39 is 53.7 Å². The Balaban J connectivity index is 0.000000274. The van der Waals surface area contributed by atoms with Gasteiger partial charge in [0.2, 0.25) is 18.2 Å². The molecule has 0 aliphatic carbocycles. The zero-order chi connectivity index (χ0) is 66.3. The van der Waals surface area contributed by atoms with Gasteiger partial charge in [-0.3, -0.25) is 37.9 Å². The number of ether oxygens (including phenoxy) is 3. The summed E-state index contributed by atoms with van der Waals surface area (Å²) < 4.78 is 86.1. The summed E-state index contributed by atoms with van der Waals surface area (Å²) in [5.74, 6) is -0.961. The van der Waals surface area contributed by atoms with Crippen LogP contribution in [-0.2, 0) is 113 Å². The highest BCUT2D eigenvalue weighted by Gasteiger charge is 2.36. The third kappa shape index (κ3) is 24.1. The van der Waals surface area contributed by atoms with Crippen LogP contribution in [0.15, 0.2) is 0 Å². The highest BCUT2D eigenvalue weighted by Crippen LogP contribution is 2.26. The molecule has 1 unspecified atom stereocenters. The molecule has 9 rings (SSSR count). The van der Waals surface area contributed by atoms with Crippen LogP contribution >= 0.6 is 0 Å². The first kappa shape index (κ1) is 74.0. The number of nitrogens with one attached hydrogen (secondary N) is 2. The Morgan fingerprint density at radius 1 is 0.540 bits per heavy atom. The standard InChI is InChI=1S/C13H21N3O2.C13H20N3O2.C12H19NO4.2C8H13N3.2C2HF3O/c1-9-10-8-16(12(17)18-13(2,3)4)7-6-11(10)14-15(9)5;1-9-10-8-16(12(17)18-13(2,3)4)7-6-11(10)15(5)14-9;1-8(14)9-7-13(6-5-10(9)15)11(16)17-12(2,3)4;1-6-7-5-9-4-3-8(7)10-11(6)2;1-6-7-5-9-4-3-8(7)11(2)10-6;2*3-2(4,5)1-6/h6-8H2,1-5H3;2,6-8H2,1,3-5H3;9H,5-7H2,1-4H3;2*9H,3-5H2,1-2H3;2*1H/q;+1;;;;;. The van der Waals surface area contributed by atoms with Crippen LogP contribution in [0.1, 0.15) is 137 Å². The van der Waals surface area contributed by atoms with Gasteiger partial charge < -0.3 is 39.5 Å². The van der Waals surface area contributed by atoms with E-state index in [-0.39, 0.29) is 36.7 Å². The molecule has 9 heterocycles. The van der Waals surface area contributed by atoms with Gasteiger partial charge >= 0.3 is 30.6 Å². The maximum Gasteiger partial charge on any atom is 0.446 e. The van der Waals surface area contributed by atoms with E-state index in [1.165, 1.54) is 51.4 Å². The fourth-order valence-corrected chi connectivity index (χ4v) is 9.32. The van der Waals surface area contributed by atoms with Crippen LogP contribution in [0, 0.1) is 40.5 Å². The number of aryl methyl sites for hydroxylation is 6. The molecule has 3 amide bonds. The number of alkyl halides is 6. The summed E-state index contributed by atoms with van der Waals surface area (Å²) in [7, 11) is 7.91. The molecule has 0 bridgehead atoms. The van der Waals surface area contributed by atoms with Gasteiger partial charge in [-0.05, 0) is 76.2 Å². The zero-order valence-electron chi connectivity index (χ0n) is 53.3. The number of aromatic nitrogens is 8. The van der Waals surface area contributed by atoms with Crippen LogP contribution in [0.4, 0.5) is 40.7 Å². The second kappa shape index (κ2) is 31.1. The van der Waals surface area contributed by atoms with Crippen molar-refractivity contribution in [2.45, 2.75) is 177 Å². The summed E-state index contributed by atoms with van der Waals surface area (Å²) in [6, 6.07) is 0. The van der Waals surface area contributed by atoms with E-state index in [0.29, 0.717) is 32.7 Å². The third-order valence-corrected chi connectivity index (χ3v) is 13.8. The molecule has 0 saturated carbocycles. The number of nitrogens with zero attached hydrogens (tertiary/aromatic N) is 11. The fraction of sp³-hybridized carbons (Fsp3) is 0.655. The Labute approximate surface area is 505 Å². The lowest BCUT2D eigenvalue weighted by atomic mass is 9.93. The first-order valence-corrected chi connectivity index (χ1v) is 28.3. The number of likely N-dealkylation sites (tertiary alicyclic amines) is 1. The minimum absolute atomic E-state index is 0.0858. The van der Waals surface area contributed by atoms with Gasteiger partial charge in [-0.2, -0.15) is 46.7 Å². The molecule has 23 nitrogen and oxygen atoms in total. The van der Waals surface area contributed by atoms with Crippen molar-refractivity contribution in [3.05, 3.63) is 74.7 Å². The first-order chi connectivity index (χ1) is 40.0. The Kier molecular flexibility index (Phi) is 26.4. The van der Waals surface area contributed by atoms with Crippen LogP contribution in [0.25, 0.3) is 0 Å². The van der Waals surface area contributed by atoms with E-state index in [9.17, 15) is 50.3 Å². The van der Waals surface area contributed by atoms with Gasteiger partial charge in [0.05, 0.1) is 41.8 Å². The van der Waals surface area contributed by atoms with E-state index >= 15 is 0 Å². The quantitative estimate of drug-likeness (QED) is 0.0648. The number of fused-ring (bicyclic) bond motifs is 4. The maximum atomic E-state index is 12.0. The van der Waals surface area contributed by atoms with Crippen molar-refractivity contribution in [2.75, 3.05) is 39.3 Å². The number of amides is 3. The van der Waals surface area contributed by atoms with Crippen LogP contribution in [0.5, 0.6) is 0 Å². The predicted octanol–water partition coefficient (Wildman–Crippen LogP) is 7.50. The largest absolute Gasteiger partial charge is 0.446 e. The van der Waals surface area contributed by atoms with Crippen LogP contribution in [0.3, 0.4) is 0 Å². The molecule has 1 atom stereocenters. The number of carbonyl (C=O) groups excluding carboxylic acids is 7. The number of rotatable bonds is 2. The average Bonchev–Trinajstić information content (AvgIpc) is 2.03. The van der Waals surface area contributed by atoms with Crippen molar-refractivity contribution in [1.82, 2.24) is 64.5 Å². The molecular weight excluding hydrogens is 1150 g/mol.